The second-order valence-electron chi connectivity index (χ2n) is 5.99. The van der Waals surface area contributed by atoms with E-state index < -0.39 is 6.09 Å². The minimum atomic E-state index is -0.967. The highest BCUT2D eigenvalue weighted by molar-refractivity contribution is 5.94. The number of carbonyl (C=O) groups excluding carboxylic acids is 1. The van der Waals surface area contributed by atoms with E-state index >= 15 is 0 Å². The van der Waals surface area contributed by atoms with Crippen LogP contribution in [0.4, 0.5) is 4.79 Å². The number of hydrazine groups is 1. The summed E-state index contributed by atoms with van der Waals surface area (Å²) in [5.74, 6) is -0.155. The first-order valence-corrected chi connectivity index (χ1v) is 7.66. The molecule has 3 rings (SSSR count). The molecule has 0 bridgehead atoms. The molecule has 2 amide bonds. The Morgan fingerprint density at radius 2 is 2.22 bits per heavy atom. The first-order chi connectivity index (χ1) is 10.9. The average Bonchev–Trinajstić information content (AvgIpc) is 2.80. The number of hydrogen-bond donors (Lipinski definition) is 1. The third-order valence-corrected chi connectivity index (χ3v) is 4.56. The summed E-state index contributed by atoms with van der Waals surface area (Å²) in [6.07, 6.45) is 1.32. The lowest BCUT2D eigenvalue weighted by Gasteiger charge is -2.31. The lowest BCUT2D eigenvalue weighted by atomic mass is 10.00. The van der Waals surface area contributed by atoms with Crippen molar-refractivity contribution in [3.8, 4) is 0 Å². The minimum absolute atomic E-state index is 0.135. The second kappa shape index (κ2) is 5.69. The molecule has 0 saturated heterocycles. The minimum Gasteiger partial charge on any atom is -0.465 e. The number of amides is 2. The van der Waals surface area contributed by atoms with Gasteiger partial charge in [-0.05, 0) is 6.92 Å². The summed E-state index contributed by atoms with van der Waals surface area (Å²) in [6.45, 7) is 7.61. The molecule has 1 atom stereocenters. The van der Waals surface area contributed by atoms with Crippen LogP contribution in [0.2, 0.25) is 0 Å². The Hall–Kier alpha value is -2.35. The molecule has 124 valence electrons. The van der Waals surface area contributed by atoms with E-state index in [0.717, 1.165) is 11.3 Å². The van der Waals surface area contributed by atoms with Crippen LogP contribution in [-0.4, -0.2) is 68.0 Å². The van der Waals surface area contributed by atoms with Crippen molar-refractivity contribution in [1.82, 2.24) is 24.7 Å². The predicted octanol–water partition coefficient (Wildman–Crippen LogP) is 0.796. The lowest BCUT2D eigenvalue weighted by molar-refractivity contribution is 0.0152. The summed E-state index contributed by atoms with van der Waals surface area (Å²) in [4.78, 5) is 25.6. The van der Waals surface area contributed by atoms with Crippen LogP contribution < -0.4 is 0 Å². The molecular weight excluding hydrogens is 298 g/mol. The van der Waals surface area contributed by atoms with Crippen molar-refractivity contribution in [3.05, 3.63) is 29.6 Å². The van der Waals surface area contributed by atoms with E-state index in [2.05, 4.69) is 11.7 Å². The van der Waals surface area contributed by atoms with E-state index in [0.29, 0.717) is 31.7 Å². The fraction of sp³-hybridized carbons (Fsp3) is 0.533. The summed E-state index contributed by atoms with van der Waals surface area (Å²) in [5.41, 5.74) is 2.08. The Bertz CT molecular complexity index is 668. The molecule has 0 aliphatic carbocycles. The topological polar surface area (TPSA) is 81.9 Å². The van der Waals surface area contributed by atoms with Crippen LogP contribution >= 0.6 is 0 Å². The van der Waals surface area contributed by atoms with Gasteiger partial charge in [-0.15, -0.1) is 6.58 Å². The van der Waals surface area contributed by atoms with Crippen molar-refractivity contribution >= 4 is 12.0 Å². The summed E-state index contributed by atoms with van der Waals surface area (Å²) < 4.78 is 1.73. The molecule has 1 N–H and O–H groups in total. The zero-order chi connectivity index (χ0) is 16.7. The number of nitrogens with zero attached hydrogens (tertiary/aromatic N) is 5. The molecule has 1 aromatic heterocycles. The standard InChI is InChI=1S/C15H21N5O3/c1-4-5-18-6-7-20-13(14(21)17(18)3)11-9-19(15(22)23)10(2)8-12(11)16-20/h4,10H,1,5-9H2,2-3H3,(H,22,23)/t10-/m1/s1. The number of hydrogen-bond acceptors (Lipinski definition) is 4. The molecule has 0 aromatic carbocycles. The molecule has 3 heterocycles. The van der Waals surface area contributed by atoms with E-state index in [1.807, 2.05) is 11.9 Å². The summed E-state index contributed by atoms with van der Waals surface area (Å²) in [5, 5.41) is 17.4. The van der Waals surface area contributed by atoms with Gasteiger partial charge in [-0.1, -0.05) is 6.08 Å². The first-order valence-electron chi connectivity index (χ1n) is 7.66. The Kier molecular flexibility index (Phi) is 3.85. The van der Waals surface area contributed by atoms with Crippen molar-refractivity contribution in [3.63, 3.8) is 0 Å². The highest BCUT2D eigenvalue weighted by Gasteiger charge is 2.36. The van der Waals surface area contributed by atoms with Gasteiger partial charge >= 0.3 is 6.09 Å². The average molecular weight is 319 g/mol. The normalized spacial score (nSPS) is 21.7. The zero-order valence-electron chi connectivity index (χ0n) is 13.4. The Morgan fingerprint density at radius 3 is 2.87 bits per heavy atom. The van der Waals surface area contributed by atoms with Crippen LogP contribution in [-0.2, 0) is 19.5 Å². The Morgan fingerprint density at radius 1 is 1.48 bits per heavy atom. The van der Waals surface area contributed by atoms with E-state index in [9.17, 15) is 14.7 Å². The van der Waals surface area contributed by atoms with Crippen LogP contribution in [0.5, 0.6) is 0 Å². The van der Waals surface area contributed by atoms with Gasteiger partial charge in [0.1, 0.15) is 5.69 Å². The quantitative estimate of drug-likeness (QED) is 0.815. The molecular formula is C15H21N5O3. The van der Waals surface area contributed by atoms with Crippen LogP contribution in [0, 0.1) is 0 Å². The van der Waals surface area contributed by atoms with E-state index in [1.165, 1.54) is 4.90 Å². The Labute approximate surface area is 134 Å². The highest BCUT2D eigenvalue weighted by Crippen LogP contribution is 2.28. The maximum Gasteiger partial charge on any atom is 0.407 e. The molecule has 8 nitrogen and oxygen atoms in total. The number of aromatic nitrogens is 2. The van der Waals surface area contributed by atoms with Gasteiger partial charge in [0, 0.05) is 38.2 Å². The Balaban J connectivity index is 1.99. The summed E-state index contributed by atoms with van der Waals surface area (Å²) >= 11 is 0. The van der Waals surface area contributed by atoms with E-state index in [4.69, 9.17) is 0 Å². The summed E-state index contributed by atoms with van der Waals surface area (Å²) in [6, 6.07) is -0.135. The van der Waals surface area contributed by atoms with E-state index in [-0.39, 0.29) is 18.5 Å². The highest BCUT2D eigenvalue weighted by atomic mass is 16.4. The van der Waals surface area contributed by atoms with Gasteiger partial charge in [0.25, 0.3) is 5.91 Å². The van der Waals surface area contributed by atoms with Crippen LogP contribution in [0.25, 0.3) is 0 Å². The fourth-order valence-electron chi connectivity index (χ4n) is 3.26. The third-order valence-electron chi connectivity index (χ3n) is 4.56. The van der Waals surface area contributed by atoms with Gasteiger partial charge < -0.3 is 10.0 Å². The maximum absolute atomic E-state index is 12.8. The monoisotopic (exact) mass is 319 g/mol. The van der Waals surface area contributed by atoms with Gasteiger partial charge in [-0.2, -0.15) is 5.10 Å². The molecule has 23 heavy (non-hydrogen) atoms. The molecule has 0 radical (unpaired) electrons. The van der Waals surface area contributed by atoms with Gasteiger partial charge in [-0.3, -0.25) is 14.5 Å². The molecule has 0 spiro atoms. The first kappa shape index (κ1) is 15.5. The molecule has 0 saturated carbocycles. The molecule has 1 aromatic rings. The third kappa shape index (κ3) is 2.48. The number of fused-ring (bicyclic) bond motifs is 3. The van der Waals surface area contributed by atoms with Crippen LogP contribution in [0.3, 0.4) is 0 Å². The predicted molar refractivity (Wildman–Crippen MR) is 82.8 cm³/mol. The maximum atomic E-state index is 12.8. The molecule has 0 unspecified atom stereocenters. The smallest absolute Gasteiger partial charge is 0.407 e. The SMILES string of the molecule is C=CCN1CCn2nc3c(c2C(=O)N1C)CN(C(=O)O)[C@H](C)C3. The van der Waals surface area contributed by atoms with Gasteiger partial charge in [-0.25, -0.2) is 9.80 Å². The van der Waals surface area contributed by atoms with Crippen LogP contribution in [0.1, 0.15) is 28.7 Å². The van der Waals surface area contributed by atoms with Gasteiger partial charge in [0.15, 0.2) is 0 Å². The summed E-state index contributed by atoms with van der Waals surface area (Å²) in [7, 11) is 1.72. The second-order valence-corrected chi connectivity index (χ2v) is 5.99. The zero-order valence-corrected chi connectivity index (χ0v) is 13.4. The largest absolute Gasteiger partial charge is 0.465 e. The van der Waals surface area contributed by atoms with Crippen molar-refractivity contribution in [2.24, 2.45) is 0 Å². The van der Waals surface area contributed by atoms with Crippen molar-refractivity contribution in [2.75, 3.05) is 20.1 Å². The lowest BCUT2D eigenvalue weighted by Crippen LogP contribution is -2.45. The van der Waals surface area contributed by atoms with Gasteiger partial charge in [0.05, 0.1) is 18.8 Å². The van der Waals surface area contributed by atoms with Crippen molar-refractivity contribution in [2.45, 2.75) is 32.5 Å². The number of rotatable bonds is 2. The van der Waals surface area contributed by atoms with Crippen LogP contribution in [0.15, 0.2) is 12.7 Å². The van der Waals surface area contributed by atoms with Crippen molar-refractivity contribution < 1.29 is 14.7 Å². The van der Waals surface area contributed by atoms with E-state index in [1.54, 1.807) is 22.8 Å². The van der Waals surface area contributed by atoms with Crippen molar-refractivity contribution in [1.29, 1.82) is 0 Å². The molecule has 8 heteroatoms. The van der Waals surface area contributed by atoms with Gasteiger partial charge in [0.2, 0.25) is 0 Å². The number of carbonyl (C=O) groups is 2. The molecule has 2 aliphatic rings. The molecule has 0 fully saturated rings. The number of carboxylic acid groups (broad SMARTS) is 1. The fourth-order valence-corrected chi connectivity index (χ4v) is 3.26. The molecule has 2 aliphatic heterocycles.